The van der Waals surface area contributed by atoms with Crippen molar-refractivity contribution in [2.45, 2.75) is 0 Å². The van der Waals surface area contributed by atoms with Gasteiger partial charge in [-0.05, 0) is 35.4 Å². The Morgan fingerprint density at radius 1 is 0.444 bits per heavy atom. The zero-order valence-corrected chi connectivity index (χ0v) is 17.3. The van der Waals surface area contributed by atoms with Crippen LogP contribution in [0.3, 0.4) is 0 Å². The maximum absolute atomic E-state index is 8.63. The van der Waals surface area contributed by atoms with Crippen molar-refractivity contribution in [3.8, 4) is 16.9 Å². The van der Waals surface area contributed by atoms with Crippen LogP contribution in [0, 0.1) is 0 Å². The van der Waals surface area contributed by atoms with E-state index in [1.54, 1.807) is 24.3 Å². The first-order valence-corrected chi connectivity index (χ1v) is 8.41. The average Bonchev–Trinajstić information content (AvgIpc) is 2.72. The lowest BCUT2D eigenvalue weighted by molar-refractivity contribution is 0.475. The Hall–Kier alpha value is -2.79. The number of aromatic hydroxyl groups is 1. The van der Waals surface area contributed by atoms with E-state index in [2.05, 4.69) is 48.5 Å². The molecular weight excluding hydrogens is 445 g/mol. The monoisotopic (exact) mass is 469 g/mol. The maximum Gasteiger partial charge on any atom is 0.115 e. The molecule has 4 rings (SSSR count). The van der Waals surface area contributed by atoms with Crippen molar-refractivity contribution in [1.29, 1.82) is 0 Å². The van der Waals surface area contributed by atoms with Crippen LogP contribution in [0.25, 0.3) is 11.1 Å². The number of para-hydroxylation sites is 2. The van der Waals surface area contributed by atoms with Crippen molar-refractivity contribution in [3.63, 3.8) is 0 Å². The van der Waals surface area contributed by atoms with Gasteiger partial charge in [-0.3, -0.25) is 0 Å². The number of nitrogens with two attached hydrogens (primary N) is 1. The van der Waals surface area contributed by atoms with E-state index in [-0.39, 0.29) is 24.0 Å². The minimum atomic E-state index is 0. The zero-order valence-electron chi connectivity index (χ0n) is 15.0. The van der Waals surface area contributed by atoms with Gasteiger partial charge in [0.05, 0.1) is 0 Å². The van der Waals surface area contributed by atoms with Gasteiger partial charge in [0.25, 0.3) is 0 Å². The molecule has 0 amide bonds. The first-order chi connectivity index (χ1) is 12.8. The Labute approximate surface area is 178 Å². The van der Waals surface area contributed by atoms with Crippen molar-refractivity contribution >= 4 is 29.7 Å². The Bertz CT molecular complexity index is 763. The van der Waals surface area contributed by atoms with Crippen molar-refractivity contribution in [1.82, 2.24) is 0 Å². The molecule has 0 fully saturated rings. The normalized spacial score (nSPS) is 8.74. The summed E-state index contributed by atoms with van der Waals surface area (Å²) >= 11 is 0. The van der Waals surface area contributed by atoms with Gasteiger partial charge in [-0.25, -0.2) is 0 Å². The van der Waals surface area contributed by atoms with E-state index in [1.807, 2.05) is 48.5 Å². The van der Waals surface area contributed by atoms with Crippen molar-refractivity contribution in [2.75, 3.05) is 5.73 Å². The number of halogens is 1. The van der Waals surface area contributed by atoms with E-state index >= 15 is 0 Å². The molecule has 0 aromatic heterocycles. The second kappa shape index (κ2) is 13.4. The fourth-order valence-electron chi connectivity index (χ4n) is 2.14. The highest BCUT2D eigenvalue weighted by Crippen LogP contribution is 2.17. The van der Waals surface area contributed by atoms with Gasteiger partial charge in [-0.2, -0.15) is 0 Å². The van der Waals surface area contributed by atoms with E-state index in [1.165, 1.54) is 11.1 Å². The van der Waals surface area contributed by atoms with Crippen LogP contribution in [0.2, 0.25) is 0 Å². The lowest BCUT2D eigenvalue weighted by atomic mass is 10.1. The summed E-state index contributed by atoms with van der Waals surface area (Å²) in [7, 11) is 0. The van der Waals surface area contributed by atoms with E-state index in [0.717, 1.165) is 5.69 Å². The molecule has 0 unspecified atom stereocenters. The van der Waals surface area contributed by atoms with E-state index in [9.17, 15) is 0 Å². The second-order valence-corrected chi connectivity index (χ2v) is 5.48. The molecule has 138 valence electrons. The van der Waals surface area contributed by atoms with Gasteiger partial charge in [-0.1, -0.05) is 97.1 Å². The number of benzene rings is 4. The predicted octanol–water partition coefficient (Wildman–Crippen LogP) is 6.63. The standard InChI is InChI=1S/C12H10.C6H7N.C6H6O.HI/c1-3-7-11(8-4-1)12-9-5-2-6-10-12;2*7-6-4-2-1-3-5-6;/h1-10H;1-5H,7H2;1-5,7H;1H. The van der Waals surface area contributed by atoms with Gasteiger partial charge in [0.2, 0.25) is 0 Å². The fraction of sp³-hybridized carbons (Fsp3) is 0. The molecule has 0 aliphatic carbocycles. The Morgan fingerprint density at radius 3 is 0.963 bits per heavy atom. The number of phenolic OH excluding ortho intramolecular Hbond substituents is 1. The third kappa shape index (κ3) is 9.47. The number of anilines is 1. The summed E-state index contributed by atoms with van der Waals surface area (Å²) in [6, 6.07) is 39.0. The third-order valence-corrected chi connectivity index (χ3v) is 3.44. The van der Waals surface area contributed by atoms with Gasteiger partial charge in [0.15, 0.2) is 0 Å². The van der Waals surface area contributed by atoms with Crippen LogP contribution in [0.5, 0.6) is 5.75 Å². The summed E-state index contributed by atoms with van der Waals surface area (Å²) in [4.78, 5) is 0. The highest BCUT2D eigenvalue weighted by Gasteiger charge is 1.91. The van der Waals surface area contributed by atoms with Crippen LogP contribution in [0.4, 0.5) is 5.69 Å². The summed E-state index contributed by atoms with van der Waals surface area (Å²) in [6.45, 7) is 0. The number of hydrogen-bond acceptors (Lipinski definition) is 2. The second-order valence-electron chi connectivity index (χ2n) is 5.48. The number of rotatable bonds is 1. The van der Waals surface area contributed by atoms with E-state index < -0.39 is 0 Å². The summed E-state index contributed by atoms with van der Waals surface area (Å²) in [6.07, 6.45) is 0. The van der Waals surface area contributed by atoms with E-state index in [0.29, 0.717) is 5.75 Å². The van der Waals surface area contributed by atoms with Crippen molar-refractivity contribution in [3.05, 3.63) is 121 Å². The Balaban J connectivity index is 0.000000211. The van der Waals surface area contributed by atoms with Gasteiger partial charge in [0, 0.05) is 5.69 Å². The van der Waals surface area contributed by atoms with Gasteiger partial charge in [0.1, 0.15) is 5.75 Å². The first-order valence-electron chi connectivity index (χ1n) is 8.41. The van der Waals surface area contributed by atoms with E-state index in [4.69, 9.17) is 10.8 Å². The highest BCUT2D eigenvalue weighted by molar-refractivity contribution is 14.0. The molecule has 27 heavy (non-hydrogen) atoms. The minimum absolute atomic E-state index is 0. The van der Waals surface area contributed by atoms with Crippen LogP contribution in [0.15, 0.2) is 121 Å². The van der Waals surface area contributed by atoms with Crippen molar-refractivity contribution in [2.24, 2.45) is 0 Å². The third-order valence-electron chi connectivity index (χ3n) is 3.44. The summed E-state index contributed by atoms with van der Waals surface area (Å²) in [5.41, 5.74) is 8.73. The molecular formula is C24H24INO. The highest BCUT2D eigenvalue weighted by atomic mass is 127. The van der Waals surface area contributed by atoms with Crippen LogP contribution in [0.1, 0.15) is 0 Å². The van der Waals surface area contributed by atoms with Gasteiger partial charge in [-0.15, -0.1) is 24.0 Å². The van der Waals surface area contributed by atoms with Gasteiger partial charge >= 0.3 is 0 Å². The van der Waals surface area contributed by atoms with Crippen LogP contribution in [-0.4, -0.2) is 5.11 Å². The number of nitrogen functional groups attached to an aromatic ring is 1. The molecule has 0 aliphatic rings. The summed E-state index contributed by atoms with van der Waals surface area (Å²) in [5.74, 6) is 0.322. The molecule has 0 bridgehead atoms. The average molecular weight is 469 g/mol. The largest absolute Gasteiger partial charge is 0.508 e. The smallest absolute Gasteiger partial charge is 0.115 e. The molecule has 0 aliphatic heterocycles. The topological polar surface area (TPSA) is 46.2 Å². The molecule has 0 heterocycles. The van der Waals surface area contributed by atoms with Gasteiger partial charge < -0.3 is 10.8 Å². The molecule has 2 nitrogen and oxygen atoms in total. The molecule has 0 spiro atoms. The fourth-order valence-corrected chi connectivity index (χ4v) is 2.14. The first kappa shape index (κ1) is 22.3. The number of hydrogen-bond donors (Lipinski definition) is 2. The van der Waals surface area contributed by atoms with Crippen LogP contribution < -0.4 is 5.73 Å². The molecule has 0 saturated carbocycles. The number of phenols is 1. The van der Waals surface area contributed by atoms with Crippen molar-refractivity contribution < 1.29 is 5.11 Å². The quantitative estimate of drug-likeness (QED) is 0.243. The Morgan fingerprint density at radius 2 is 0.741 bits per heavy atom. The molecule has 4 aromatic rings. The molecule has 0 atom stereocenters. The minimum Gasteiger partial charge on any atom is -0.508 e. The summed E-state index contributed by atoms with van der Waals surface area (Å²) in [5, 5.41) is 8.63. The Kier molecular flexibility index (Phi) is 11.1. The SMILES string of the molecule is I.Nc1ccccc1.Oc1ccccc1.c1ccc(-c2ccccc2)cc1. The molecule has 0 radical (unpaired) electrons. The molecule has 3 heteroatoms. The molecule has 0 saturated heterocycles. The zero-order chi connectivity index (χ0) is 18.5. The lowest BCUT2D eigenvalue weighted by Crippen LogP contribution is -1.79. The molecule has 3 N–H and O–H groups in total. The maximum atomic E-state index is 8.63. The molecule has 4 aromatic carbocycles. The van der Waals surface area contributed by atoms with Crippen LogP contribution in [-0.2, 0) is 0 Å². The predicted molar refractivity (Wildman–Crippen MR) is 126 cm³/mol. The summed E-state index contributed by atoms with van der Waals surface area (Å²) < 4.78 is 0. The van der Waals surface area contributed by atoms with Crippen LogP contribution >= 0.6 is 24.0 Å². The lowest BCUT2D eigenvalue weighted by Gasteiger charge is -1.98.